The average Bonchev–Trinajstić information content (AvgIpc) is 2.35. The van der Waals surface area contributed by atoms with Crippen LogP contribution < -0.4 is 5.32 Å². The Morgan fingerprint density at radius 2 is 2.32 bits per heavy atom. The number of nitrogens with zero attached hydrogens (tertiary/aromatic N) is 1. The minimum Gasteiger partial charge on any atom is -0.480 e. The summed E-state index contributed by atoms with van der Waals surface area (Å²) in [5, 5.41) is 11.5. The van der Waals surface area contributed by atoms with Gasteiger partial charge in [0.1, 0.15) is 11.9 Å². The Morgan fingerprint density at radius 3 is 3.00 bits per heavy atom. The first-order chi connectivity index (χ1) is 8.99. The van der Waals surface area contributed by atoms with Crippen LogP contribution in [0, 0.1) is 5.82 Å². The zero-order valence-electron chi connectivity index (χ0n) is 9.90. The molecule has 1 amide bonds. The van der Waals surface area contributed by atoms with Crippen molar-refractivity contribution < 1.29 is 19.1 Å². The smallest absolute Gasteiger partial charge is 0.322 e. The number of carbonyl (C=O) groups excluding carboxylic acids is 1. The van der Waals surface area contributed by atoms with Crippen molar-refractivity contribution >= 4 is 23.5 Å². The van der Waals surface area contributed by atoms with Crippen LogP contribution in [0.2, 0.25) is 5.02 Å². The Hall–Kier alpha value is -1.66. The topological polar surface area (TPSA) is 69.6 Å². The van der Waals surface area contributed by atoms with E-state index in [1.165, 1.54) is 17.0 Å². The molecule has 1 atom stereocenters. The molecule has 1 aliphatic heterocycles. The van der Waals surface area contributed by atoms with E-state index in [2.05, 4.69) is 5.32 Å². The van der Waals surface area contributed by atoms with Gasteiger partial charge in [-0.3, -0.25) is 14.5 Å². The van der Waals surface area contributed by atoms with Crippen LogP contribution in [0.4, 0.5) is 4.39 Å². The van der Waals surface area contributed by atoms with Gasteiger partial charge in [-0.25, -0.2) is 4.39 Å². The molecule has 102 valence electrons. The van der Waals surface area contributed by atoms with Crippen LogP contribution in [-0.4, -0.2) is 41.0 Å². The van der Waals surface area contributed by atoms with Crippen LogP contribution in [0.25, 0.3) is 0 Å². The molecule has 0 saturated carbocycles. The van der Waals surface area contributed by atoms with E-state index in [4.69, 9.17) is 16.7 Å². The molecule has 0 radical (unpaired) electrons. The Kier molecular flexibility index (Phi) is 4.01. The quantitative estimate of drug-likeness (QED) is 0.865. The number of nitrogens with one attached hydrogen (secondary N) is 1. The number of hydrogen-bond donors (Lipinski definition) is 2. The molecule has 2 N–H and O–H groups in total. The van der Waals surface area contributed by atoms with E-state index < -0.39 is 17.8 Å². The van der Waals surface area contributed by atoms with Gasteiger partial charge in [0.2, 0.25) is 5.91 Å². The summed E-state index contributed by atoms with van der Waals surface area (Å²) in [7, 11) is 0. The molecule has 0 aromatic heterocycles. The summed E-state index contributed by atoms with van der Waals surface area (Å²) in [5.74, 6) is -1.86. The van der Waals surface area contributed by atoms with E-state index in [-0.39, 0.29) is 30.6 Å². The maximum atomic E-state index is 13.3. The first-order valence-corrected chi connectivity index (χ1v) is 6.03. The second kappa shape index (κ2) is 5.54. The Bertz CT molecular complexity index is 524. The van der Waals surface area contributed by atoms with Gasteiger partial charge in [-0.1, -0.05) is 23.7 Å². The molecule has 1 heterocycles. The van der Waals surface area contributed by atoms with E-state index in [1.54, 1.807) is 6.07 Å². The van der Waals surface area contributed by atoms with Crippen LogP contribution in [0.5, 0.6) is 0 Å². The number of carbonyl (C=O) groups is 2. The van der Waals surface area contributed by atoms with Crippen molar-refractivity contribution in [3.05, 3.63) is 34.6 Å². The van der Waals surface area contributed by atoms with Crippen LogP contribution >= 0.6 is 11.6 Å². The third-order valence-electron chi connectivity index (χ3n) is 2.97. The standard InChI is InChI=1S/C12H12ClFN2O3/c13-11-7(2-1-3-8(11)14)5-16-6-10(17)15-4-9(16)12(18)19/h1-3,9H,4-6H2,(H,15,17)(H,18,19). The van der Waals surface area contributed by atoms with E-state index in [1.807, 2.05) is 0 Å². The monoisotopic (exact) mass is 286 g/mol. The summed E-state index contributed by atoms with van der Waals surface area (Å²) < 4.78 is 13.3. The number of carboxylic acids is 1. The minimum atomic E-state index is -1.03. The third kappa shape index (κ3) is 3.02. The van der Waals surface area contributed by atoms with E-state index in [0.717, 1.165) is 0 Å². The molecule has 1 aromatic rings. The molecule has 0 aliphatic carbocycles. The summed E-state index contributed by atoms with van der Waals surface area (Å²) in [6.07, 6.45) is 0. The zero-order valence-corrected chi connectivity index (χ0v) is 10.7. The summed E-state index contributed by atoms with van der Waals surface area (Å²) in [4.78, 5) is 23.9. The normalized spacial score (nSPS) is 20.1. The van der Waals surface area contributed by atoms with E-state index >= 15 is 0 Å². The number of aliphatic carboxylic acids is 1. The first-order valence-electron chi connectivity index (χ1n) is 5.65. The summed E-state index contributed by atoms with van der Waals surface area (Å²) >= 11 is 5.83. The van der Waals surface area contributed by atoms with Gasteiger partial charge in [0, 0.05) is 13.1 Å². The lowest BCUT2D eigenvalue weighted by Gasteiger charge is -2.32. The number of benzene rings is 1. The molecule has 1 saturated heterocycles. The van der Waals surface area contributed by atoms with Gasteiger partial charge in [-0.15, -0.1) is 0 Å². The highest BCUT2D eigenvalue weighted by atomic mass is 35.5. The number of halogens is 2. The molecule has 1 fully saturated rings. The Balaban J connectivity index is 2.21. The van der Waals surface area contributed by atoms with Gasteiger partial charge < -0.3 is 10.4 Å². The molecule has 19 heavy (non-hydrogen) atoms. The third-order valence-corrected chi connectivity index (χ3v) is 3.39. The largest absolute Gasteiger partial charge is 0.480 e. The van der Waals surface area contributed by atoms with Crippen molar-refractivity contribution in [2.45, 2.75) is 12.6 Å². The summed E-state index contributed by atoms with van der Waals surface area (Å²) in [6.45, 7) is 0.0892. The van der Waals surface area contributed by atoms with Gasteiger partial charge >= 0.3 is 5.97 Å². The summed E-state index contributed by atoms with van der Waals surface area (Å²) in [6, 6.07) is 3.49. The highest BCUT2D eigenvalue weighted by molar-refractivity contribution is 6.31. The highest BCUT2D eigenvalue weighted by Gasteiger charge is 2.32. The predicted octanol–water partition coefficient (Wildman–Crippen LogP) is 0.864. The molecular formula is C12H12ClFN2O3. The molecule has 1 aliphatic rings. The molecule has 7 heteroatoms. The predicted molar refractivity (Wildman–Crippen MR) is 66.3 cm³/mol. The van der Waals surface area contributed by atoms with Gasteiger partial charge in [-0.2, -0.15) is 0 Å². The average molecular weight is 287 g/mol. The van der Waals surface area contributed by atoms with Crippen LogP contribution in [0.3, 0.4) is 0 Å². The SMILES string of the molecule is O=C1CN(Cc2cccc(F)c2Cl)C(C(=O)O)CN1. The molecule has 0 bridgehead atoms. The fourth-order valence-corrected chi connectivity index (χ4v) is 2.17. The molecule has 5 nitrogen and oxygen atoms in total. The second-order valence-corrected chi connectivity index (χ2v) is 4.65. The lowest BCUT2D eigenvalue weighted by Crippen LogP contribution is -2.56. The summed E-state index contributed by atoms with van der Waals surface area (Å²) in [5.41, 5.74) is 0.461. The van der Waals surface area contributed by atoms with Crippen LogP contribution in [-0.2, 0) is 16.1 Å². The highest BCUT2D eigenvalue weighted by Crippen LogP contribution is 2.22. The second-order valence-electron chi connectivity index (χ2n) is 4.28. The fourth-order valence-electron chi connectivity index (χ4n) is 1.99. The van der Waals surface area contributed by atoms with Crippen molar-refractivity contribution in [2.75, 3.05) is 13.1 Å². The van der Waals surface area contributed by atoms with Crippen LogP contribution in [0.1, 0.15) is 5.56 Å². The van der Waals surface area contributed by atoms with Gasteiger partial charge in [0.05, 0.1) is 11.6 Å². The van der Waals surface area contributed by atoms with Crippen molar-refractivity contribution in [2.24, 2.45) is 0 Å². The van der Waals surface area contributed by atoms with Gasteiger partial charge in [0.15, 0.2) is 0 Å². The van der Waals surface area contributed by atoms with Crippen molar-refractivity contribution in [3.63, 3.8) is 0 Å². The van der Waals surface area contributed by atoms with Crippen molar-refractivity contribution in [1.82, 2.24) is 10.2 Å². The Labute approximate surface area is 114 Å². The molecular weight excluding hydrogens is 275 g/mol. The van der Waals surface area contributed by atoms with E-state index in [9.17, 15) is 14.0 Å². The van der Waals surface area contributed by atoms with Gasteiger partial charge in [-0.05, 0) is 11.6 Å². The molecule has 2 rings (SSSR count). The molecule has 1 aromatic carbocycles. The lowest BCUT2D eigenvalue weighted by molar-refractivity contribution is -0.146. The van der Waals surface area contributed by atoms with Crippen molar-refractivity contribution in [3.8, 4) is 0 Å². The Morgan fingerprint density at radius 1 is 1.58 bits per heavy atom. The minimum absolute atomic E-state index is 0.0289. The number of hydrogen-bond acceptors (Lipinski definition) is 3. The number of piperazine rings is 1. The number of carboxylic acid groups (broad SMARTS) is 1. The fraction of sp³-hybridized carbons (Fsp3) is 0.333. The lowest BCUT2D eigenvalue weighted by atomic mass is 10.1. The zero-order chi connectivity index (χ0) is 14.0. The van der Waals surface area contributed by atoms with Crippen LogP contribution in [0.15, 0.2) is 18.2 Å². The van der Waals surface area contributed by atoms with E-state index in [0.29, 0.717) is 5.56 Å². The van der Waals surface area contributed by atoms with Gasteiger partial charge in [0.25, 0.3) is 0 Å². The molecule has 0 spiro atoms. The maximum Gasteiger partial charge on any atom is 0.322 e. The number of amides is 1. The maximum absolute atomic E-state index is 13.3. The first kappa shape index (κ1) is 13.8. The molecule has 1 unspecified atom stereocenters. The van der Waals surface area contributed by atoms with Crippen molar-refractivity contribution in [1.29, 1.82) is 0 Å². The number of rotatable bonds is 3.